The van der Waals surface area contributed by atoms with Crippen LogP contribution in [0.25, 0.3) is 65.9 Å². The first-order chi connectivity index (χ1) is 23.1. The first-order valence-corrected chi connectivity index (χ1v) is 17.9. The fourth-order valence-electron chi connectivity index (χ4n) is 8.65. The maximum Gasteiger partial charge on any atom is 0.0525 e. The van der Waals surface area contributed by atoms with Crippen LogP contribution >= 0.6 is 0 Å². The van der Waals surface area contributed by atoms with Gasteiger partial charge in [0.25, 0.3) is 0 Å². The van der Waals surface area contributed by atoms with Gasteiger partial charge in [-0.3, -0.25) is 9.97 Å². The Morgan fingerprint density at radius 3 is 1.85 bits per heavy atom. The van der Waals surface area contributed by atoms with Gasteiger partial charge in [0.1, 0.15) is 0 Å². The molecule has 1 saturated carbocycles. The third kappa shape index (κ3) is 5.04. The molecule has 3 aromatic carbocycles. The number of hydrogen-bond acceptors (Lipinski definition) is 2. The fourth-order valence-corrected chi connectivity index (χ4v) is 8.65. The SMILES string of the molecule is CCCCC(CC)n1c2ccncc2c2cc(-c3cc(C)c(-c4ccc5c(c4)c4cnccc4n5C4CCCCC4)cc3C)ccc21. The molecule has 0 amide bonds. The summed E-state index contributed by atoms with van der Waals surface area (Å²) >= 11 is 0. The van der Waals surface area contributed by atoms with E-state index in [9.17, 15) is 0 Å². The summed E-state index contributed by atoms with van der Waals surface area (Å²) in [5.41, 5.74) is 13.0. The van der Waals surface area contributed by atoms with Crippen molar-refractivity contribution in [1.29, 1.82) is 0 Å². The number of nitrogens with zero attached hydrogens (tertiary/aromatic N) is 4. The van der Waals surface area contributed by atoms with Crippen molar-refractivity contribution < 1.29 is 0 Å². The van der Waals surface area contributed by atoms with E-state index < -0.39 is 0 Å². The molecule has 0 bridgehead atoms. The van der Waals surface area contributed by atoms with Crippen molar-refractivity contribution in [1.82, 2.24) is 19.1 Å². The van der Waals surface area contributed by atoms with E-state index in [2.05, 4.69) is 120 Å². The summed E-state index contributed by atoms with van der Waals surface area (Å²) in [4.78, 5) is 9.10. The molecule has 1 aliphatic carbocycles. The Bertz CT molecular complexity index is 2240. The van der Waals surface area contributed by atoms with Crippen molar-refractivity contribution in [3.63, 3.8) is 0 Å². The molecule has 4 heteroatoms. The molecule has 1 aliphatic rings. The number of hydrogen-bond donors (Lipinski definition) is 0. The predicted molar refractivity (Wildman–Crippen MR) is 199 cm³/mol. The van der Waals surface area contributed by atoms with Gasteiger partial charge in [0, 0.05) is 69.4 Å². The maximum absolute atomic E-state index is 4.55. The van der Waals surface area contributed by atoms with Gasteiger partial charge in [-0.15, -0.1) is 0 Å². The average molecular weight is 619 g/mol. The highest BCUT2D eigenvalue weighted by atomic mass is 15.0. The Labute approximate surface area is 278 Å². The Morgan fingerprint density at radius 2 is 1.21 bits per heavy atom. The lowest BCUT2D eigenvalue weighted by molar-refractivity contribution is 0.367. The van der Waals surface area contributed by atoms with Crippen molar-refractivity contribution in [2.45, 2.75) is 97.6 Å². The number of unbranched alkanes of at least 4 members (excludes halogenated alkanes) is 1. The molecule has 4 heterocycles. The maximum atomic E-state index is 4.55. The number of aromatic nitrogens is 4. The van der Waals surface area contributed by atoms with E-state index in [1.165, 1.54) is 128 Å². The van der Waals surface area contributed by atoms with Crippen molar-refractivity contribution in [3.05, 3.63) is 96.6 Å². The van der Waals surface area contributed by atoms with Gasteiger partial charge in [-0.1, -0.05) is 70.2 Å². The topological polar surface area (TPSA) is 35.6 Å². The minimum absolute atomic E-state index is 0.497. The number of benzene rings is 3. The fraction of sp³-hybridized carbons (Fsp3) is 0.349. The molecule has 0 saturated heterocycles. The highest BCUT2D eigenvalue weighted by Crippen LogP contribution is 2.41. The molecule has 4 aromatic heterocycles. The van der Waals surface area contributed by atoms with Crippen LogP contribution in [0.1, 0.15) is 94.8 Å². The zero-order valence-electron chi connectivity index (χ0n) is 28.4. The van der Waals surface area contributed by atoms with Crippen LogP contribution in [0.2, 0.25) is 0 Å². The second-order valence-electron chi connectivity index (χ2n) is 14.0. The monoisotopic (exact) mass is 618 g/mol. The standard InChI is InChI=1S/C43H46N4/c1-5-7-11-32(6-2)46-40-16-14-30(24-36(40)38-26-44-20-18-42(38)46)34-22-29(4)35(23-28(34)3)31-15-17-41-37(25-31)39-27-45-21-19-43(39)47(41)33-12-9-8-10-13-33/h14-27,32-33H,5-13H2,1-4H3. The predicted octanol–water partition coefficient (Wildman–Crippen LogP) is 12.3. The van der Waals surface area contributed by atoms with E-state index in [-0.39, 0.29) is 0 Å². The van der Waals surface area contributed by atoms with Crippen molar-refractivity contribution >= 4 is 43.6 Å². The molecule has 0 aliphatic heterocycles. The van der Waals surface area contributed by atoms with E-state index in [1.54, 1.807) is 0 Å². The molecule has 0 spiro atoms. The molecule has 8 rings (SSSR count). The number of fused-ring (bicyclic) bond motifs is 6. The van der Waals surface area contributed by atoms with Crippen LogP contribution in [-0.2, 0) is 0 Å². The Morgan fingerprint density at radius 1 is 0.660 bits per heavy atom. The zero-order chi connectivity index (χ0) is 32.1. The summed E-state index contributed by atoms with van der Waals surface area (Å²) in [6, 6.07) is 24.5. The molecule has 1 atom stereocenters. The first-order valence-electron chi connectivity index (χ1n) is 17.9. The van der Waals surface area contributed by atoms with Crippen LogP contribution in [0.3, 0.4) is 0 Å². The van der Waals surface area contributed by atoms with E-state index >= 15 is 0 Å². The molecule has 47 heavy (non-hydrogen) atoms. The molecular weight excluding hydrogens is 573 g/mol. The van der Waals surface area contributed by atoms with Gasteiger partial charge in [-0.05, 0) is 109 Å². The Balaban J connectivity index is 1.21. The summed E-state index contributed by atoms with van der Waals surface area (Å²) in [5.74, 6) is 0. The molecule has 7 aromatic rings. The van der Waals surface area contributed by atoms with Gasteiger partial charge in [0.2, 0.25) is 0 Å². The van der Waals surface area contributed by atoms with Crippen LogP contribution in [0.15, 0.2) is 85.5 Å². The number of rotatable bonds is 8. The summed E-state index contributed by atoms with van der Waals surface area (Å²) in [6.07, 6.45) is 19.4. The zero-order valence-corrected chi connectivity index (χ0v) is 28.4. The third-order valence-electron chi connectivity index (χ3n) is 11.1. The van der Waals surface area contributed by atoms with E-state index in [0.29, 0.717) is 12.1 Å². The van der Waals surface area contributed by atoms with E-state index in [0.717, 1.165) is 6.42 Å². The summed E-state index contributed by atoms with van der Waals surface area (Å²) in [5, 5.41) is 5.13. The molecule has 0 N–H and O–H groups in total. The van der Waals surface area contributed by atoms with E-state index in [4.69, 9.17) is 0 Å². The normalized spacial score (nSPS) is 15.0. The van der Waals surface area contributed by atoms with Gasteiger partial charge < -0.3 is 9.13 Å². The van der Waals surface area contributed by atoms with Crippen molar-refractivity contribution in [3.8, 4) is 22.3 Å². The van der Waals surface area contributed by atoms with Gasteiger partial charge >= 0.3 is 0 Å². The Hall–Kier alpha value is -4.44. The third-order valence-corrected chi connectivity index (χ3v) is 11.1. The lowest BCUT2D eigenvalue weighted by Gasteiger charge is -2.25. The summed E-state index contributed by atoms with van der Waals surface area (Å²) in [6.45, 7) is 9.15. The second kappa shape index (κ2) is 12.3. The van der Waals surface area contributed by atoms with Crippen molar-refractivity contribution in [2.24, 2.45) is 0 Å². The van der Waals surface area contributed by atoms with Gasteiger partial charge in [0.15, 0.2) is 0 Å². The van der Waals surface area contributed by atoms with E-state index in [1.807, 2.05) is 12.4 Å². The second-order valence-corrected chi connectivity index (χ2v) is 14.0. The molecular formula is C43H46N4. The highest BCUT2D eigenvalue weighted by Gasteiger charge is 2.22. The largest absolute Gasteiger partial charge is 0.337 e. The summed E-state index contributed by atoms with van der Waals surface area (Å²) < 4.78 is 5.20. The smallest absolute Gasteiger partial charge is 0.0525 e. The number of pyridine rings is 2. The molecule has 1 unspecified atom stereocenters. The van der Waals surface area contributed by atoms with Gasteiger partial charge in [-0.25, -0.2) is 0 Å². The number of aryl methyl sites for hydroxylation is 2. The highest BCUT2D eigenvalue weighted by molar-refractivity contribution is 6.10. The van der Waals surface area contributed by atoms with Crippen LogP contribution in [-0.4, -0.2) is 19.1 Å². The molecule has 1 fully saturated rings. The average Bonchev–Trinajstić information content (AvgIpc) is 3.62. The van der Waals surface area contributed by atoms with Crippen LogP contribution in [0.5, 0.6) is 0 Å². The minimum atomic E-state index is 0.497. The molecule has 4 nitrogen and oxygen atoms in total. The summed E-state index contributed by atoms with van der Waals surface area (Å²) in [7, 11) is 0. The first kappa shape index (κ1) is 29.9. The lowest BCUT2D eigenvalue weighted by Crippen LogP contribution is -2.12. The lowest BCUT2D eigenvalue weighted by atomic mass is 9.91. The van der Waals surface area contributed by atoms with Crippen LogP contribution in [0.4, 0.5) is 0 Å². The van der Waals surface area contributed by atoms with Gasteiger partial charge in [-0.2, -0.15) is 0 Å². The molecule has 238 valence electrons. The minimum Gasteiger partial charge on any atom is -0.337 e. The Kier molecular flexibility index (Phi) is 7.83. The van der Waals surface area contributed by atoms with Crippen LogP contribution < -0.4 is 0 Å². The quantitative estimate of drug-likeness (QED) is 0.170. The van der Waals surface area contributed by atoms with Crippen LogP contribution in [0, 0.1) is 13.8 Å². The molecule has 0 radical (unpaired) electrons. The van der Waals surface area contributed by atoms with Gasteiger partial charge in [0.05, 0.1) is 11.0 Å². The van der Waals surface area contributed by atoms with Crippen molar-refractivity contribution in [2.75, 3.05) is 0 Å².